The highest BCUT2D eigenvalue weighted by molar-refractivity contribution is 5.55. The Morgan fingerprint density at radius 2 is 2.29 bits per heavy atom. The third kappa shape index (κ3) is 2.65. The predicted octanol–water partition coefficient (Wildman–Crippen LogP) is 2.01. The minimum atomic E-state index is -0.427. The molecule has 4 nitrogen and oxygen atoms in total. The number of hydrogen-bond acceptors (Lipinski definition) is 3. The summed E-state index contributed by atoms with van der Waals surface area (Å²) in [6.45, 7) is 1.82. The van der Waals surface area contributed by atoms with E-state index in [4.69, 9.17) is 0 Å². The fourth-order valence-electron chi connectivity index (χ4n) is 1.33. The predicted molar refractivity (Wildman–Crippen MR) is 52.2 cm³/mol. The first kappa shape index (κ1) is 10.4. The second-order valence-corrected chi connectivity index (χ2v) is 3.21. The largest absolute Gasteiger partial charge is 0.303 e. The van der Waals surface area contributed by atoms with Crippen LogP contribution in [0.4, 0.5) is 0 Å². The summed E-state index contributed by atoms with van der Waals surface area (Å²) >= 11 is 0. The van der Waals surface area contributed by atoms with Gasteiger partial charge < -0.3 is 4.79 Å². The van der Waals surface area contributed by atoms with Gasteiger partial charge in [-0.25, -0.2) is 0 Å². The van der Waals surface area contributed by atoms with E-state index in [-0.39, 0.29) is 5.70 Å². The molecule has 1 aliphatic rings. The fraction of sp³-hybridized carbons (Fsp3) is 0.300. The van der Waals surface area contributed by atoms with Crippen molar-refractivity contribution in [3.8, 4) is 0 Å². The molecule has 74 valence electrons. The number of aldehydes is 1. The molecule has 0 amide bonds. The first-order valence-electron chi connectivity index (χ1n) is 4.28. The van der Waals surface area contributed by atoms with Crippen molar-refractivity contribution >= 4 is 6.29 Å². The van der Waals surface area contributed by atoms with Crippen LogP contribution in [0.15, 0.2) is 35.1 Å². The fourth-order valence-corrected chi connectivity index (χ4v) is 1.33. The maximum absolute atomic E-state index is 10.5. The lowest BCUT2D eigenvalue weighted by atomic mass is 10.1. The van der Waals surface area contributed by atoms with Gasteiger partial charge in [0.05, 0.1) is 4.92 Å². The van der Waals surface area contributed by atoms with Crippen LogP contribution in [0.2, 0.25) is 0 Å². The average Bonchev–Trinajstić information content (AvgIpc) is 2.28. The maximum Gasteiger partial charge on any atom is 0.269 e. The second-order valence-electron chi connectivity index (χ2n) is 3.21. The van der Waals surface area contributed by atoms with Crippen molar-refractivity contribution in [3.05, 3.63) is 45.2 Å². The summed E-state index contributed by atoms with van der Waals surface area (Å²) in [5.74, 6) is 0. The first-order valence-corrected chi connectivity index (χ1v) is 4.28. The summed E-state index contributed by atoms with van der Waals surface area (Å²) in [6, 6.07) is 0. The van der Waals surface area contributed by atoms with Gasteiger partial charge in [0.15, 0.2) is 0 Å². The van der Waals surface area contributed by atoms with Crippen LogP contribution in [0, 0.1) is 10.1 Å². The Hall–Kier alpha value is -1.71. The SMILES string of the molecule is CC1=CC([N+](=O)[O-])=CC=C(CC=O)C1. The molecule has 0 aromatic carbocycles. The number of allylic oxidation sites excluding steroid dienone is 5. The Kier molecular flexibility index (Phi) is 3.34. The van der Waals surface area contributed by atoms with Gasteiger partial charge in [0, 0.05) is 18.6 Å². The lowest BCUT2D eigenvalue weighted by Gasteiger charge is -1.99. The summed E-state index contributed by atoms with van der Waals surface area (Å²) in [5, 5.41) is 10.5. The summed E-state index contributed by atoms with van der Waals surface area (Å²) in [5.41, 5.74) is 1.88. The molecule has 0 radical (unpaired) electrons. The highest BCUT2D eigenvalue weighted by atomic mass is 16.6. The molecule has 0 aromatic rings. The standard InChI is InChI=1S/C10H11NO3/c1-8-6-9(4-5-12)2-3-10(7-8)11(13)14/h2-3,5,7H,4,6H2,1H3. The van der Waals surface area contributed by atoms with Crippen LogP contribution in [-0.4, -0.2) is 11.2 Å². The summed E-state index contributed by atoms with van der Waals surface area (Å²) in [4.78, 5) is 20.4. The molecule has 14 heavy (non-hydrogen) atoms. The van der Waals surface area contributed by atoms with Crippen molar-refractivity contribution in [2.75, 3.05) is 0 Å². The molecule has 0 atom stereocenters. The van der Waals surface area contributed by atoms with Gasteiger partial charge in [-0.2, -0.15) is 0 Å². The van der Waals surface area contributed by atoms with Gasteiger partial charge in [-0.15, -0.1) is 0 Å². The number of nitro groups is 1. The van der Waals surface area contributed by atoms with Crippen molar-refractivity contribution in [2.45, 2.75) is 19.8 Å². The van der Waals surface area contributed by atoms with Gasteiger partial charge in [-0.3, -0.25) is 10.1 Å². The number of nitrogens with zero attached hydrogens (tertiary/aromatic N) is 1. The molecule has 0 unspecified atom stereocenters. The molecule has 0 saturated heterocycles. The van der Waals surface area contributed by atoms with E-state index in [9.17, 15) is 14.9 Å². The zero-order valence-electron chi connectivity index (χ0n) is 7.90. The third-order valence-corrected chi connectivity index (χ3v) is 1.95. The minimum Gasteiger partial charge on any atom is -0.303 e. The molecule has 1 rings (SSSR count). The van der Waals surface area contributed by atoms with Crippen molar-refractivity contribution in [1.82, 2.24) is 0 Å². The molecule has 0 saturated carbocycles. The third-order valence-electron chi connectivity index (χ3n) is 1.95. The van der Waals surface area contributed by atoms with E-state index < -0.39 is 4.92 Å². The highest BCUT2D eigenvalue weighted by Gasteiger charge is 2.10. The Labute approximate surface area is 81.8 Å². The van der Waals surface area contributed by atoms with E-state index in [1.807, 2.05) is 6.92 Å². The van der Waals surface area contributed by atoms with E-state index in [2.05, 4.69) is 0 Å². The van der Waals surface area contributed by atoms with Crippen LogP contribution >= 0.6 is 0 Å². The van der Waals surface area contributed by atoms with Crippen molar-refractivity contribution < 1.29 is 9.72 Å². The Morgan fingerprint density at radius 3 is 2.86 bits per heavy atom. The second kappa shape index (κ2) is 4.50. The molecule has 0 aliphatic heterocycles. The number of hydrogen-bond donors (Lipinski definition) is 0. The van der Waals surface area contributed by atoms with Crippen LogP contribution in [0.3, 0.4) is 0 Å². The minimum absolute atomic E-state index is 0.0726. The lowest BCUT2D eigenvalue weighted by Crippen LogP contribution is -1.94. The molecule has 0 N–H and O–H groups in total. The van der Waals surface area contributed by atoms with Gasteiger partial charge in [-0.05, 0) is 13.3 Å². The molecule has 0 heterocycles. The Balaban J connectivity index is 2.95. The van der Waals surface area contributed by atoms with Crippen LogP contribution in [0.25, 0.3) is 0 Å². The molecule has 0 aromatic heterocycles. The Morgan fingerprint density at radius 1 is 1.57 bits per heavy atom. The summed E-state index contributed by atoms with van der Waals surface area (Å²) < 4.78 is 0. The number of carbonyl (C=O) groups is 1. The van der Waals surface area contributed by atoms with Crippen LogP contribution in [-0.2, 0) is 4.79 Å². The molecule has 1 aliphatic carbocycles. The van der Waals surface area contributed by atoms with E-state index >= 15 is 0 Å². The van der Waals surface area contributed by atoms with Crippen LogP contribution in [0.5, 0.6) is 0 Å². The molecular weight excluding hydrogens is 182 g/mol. The van der Waals surface area contributed by atoms with Crippen LogP contribution in [0.1, 0.15) is 19.8 Å². The summed E-state index contributed by atoms with van der Waals surface area (Å²) in [7, 11) is 0. The van der Waals surface area contributed by atoms with Gasteiger partial charge in [0.25, 0.3) is 5.70 Å². The van der Waals surface area contributed by atoms with Gasteiger partial charge in [0.1, 0.15) is 6.29 Å². The average molecular weight is 193 g/mol. The van der Waals surface area contributed by atoms with Crippen LogP contribution < -0.4 is 0 Å². The molecule has 0 bridgehead atoms. The lowest BCUT2D eigenvalue weighted by molar-refractivity contribution is -0.419. The van der Waals surface area contributed by atoms with Crippen molar-refractivity contribution in [1.29, 1.82) is 0 Å². The summed E-state index contributed by atoms with van der Waals surface area (Å²) in [6.07, 6.45) is 6.41. The number of carbonyl (C=O) groups excluding carboxylic acids is 1. The van der Waals surface area contributed by atoms with Gasteiger partial charge in [0.2, 0.25) is 0 Å². The first-order chi connectivity index (χ1) is 6.63. The van der Waals surface area contributed by atoms with E-state index in [0.717, 1.165) is 17.4 Å². The zero-order valence-corrected chi connectivity index (χ0v) is 7.90. The van der Waals surface area contributed by atoms with E-state index in [1.54, 1.807) is 6.08 Å². The maximum atomic E-state index is 10.5. The van der Waals surface area contributed by atoms with Crippen molar-refractivity contribution in [2.24, 2.45) is 0 Å². The monoisotopic (exact) mass is 193 g/mol. The molecular formula is C10H11NO3. The molecule has 0 spiro atoms. The van der Waals surface area contributed by atoms with E-state index in [0.29, 0.717) is 12.8 Å². The van der Waals surface area contributed by atoms with Crippen molar-refractivity contribution in [3.63, 3.8) is 0 Å². The zero-order chi connectivity index (χ0) is 10.6. The normalized spacial score (nSPS) is 16.2. The van der Waals surface area contributed by atoms with E-state index in [1.165, 1.54) is 12.2 Å². The van der Waals surface area contributed by atoms with Gasteiger partial charge in [-0.1, -0.05) is 17.2 Å². The quantitative estimate of drug-likeness (QED) is 0.391. The highest BCUT2D eigenvalue weighted by Crippen LogP contribution is 2.19. The molecule has 0 fully saturated rings. The molecule has 4 heteroatoms. The topological polar surface area (TPSA) is 60.2 Å². The van der Waals surface area contributed by atoms with Gasteiger partial charge >= 0.3 is 0 Å². The number of rotatable bonds is 3. The smallest absolute Gasteiger partial charge is 0.269 e. The Bertz CT molecular complexity index is 350.